The van der Waals surface area contributed by atoms with E-state index in [9.17, 15) is 18.0 Å². The topological polar surface area (TPSA) is 72.5 Å². The molecular formula is C11H12F3NO3. The number of rotatable bonds is 4. The van der Waals surface area contributed by atoms with E-state index < -0.39 is 23.8 Å². The molecule has 7 heteroatoms. The van der Waals surface area contributed by atoms with Crippen LogP contribution < -0.4 is 10.5 Å². The second-order valence-electron chi connectivity index (χ2n) is 3.68. The Kier molecular flexibility index (Phi) is 4.18. The van der Waals surface area contributed by atoms with Crippen LogP contribution in [0.3, 0.4) is 0 Å². The molecule has 0 aliphatic heterocycles. The summed E-state index contributed by atoms with van der Waals surface area (Å²) < 4.78 is 42.7. The number of carboxylic acid groups (broad SMARTS) is 1. The Balaban J connectivity index is 3.07. The summed E-state index contributed by atoms with van der Waals surface area (Å²) in [6.45, 7) is 0. The number of hydrogen-bond donors (Lipinski definition) is 2. The predicted octanol–water partition coefficient (Wildman–Crippen LogP) is 1.67. The molecule has 0 saturated heterocycles. The normalized spacial score (nSPS) is 13.2. The zero-order chi connectivity index (χ0) is 13.9. The molecule has 0 aromatic heterocycles. The largest absolute Gasteiger partial charge is 0.496 e. The number of alkyl halides is 3. The fraction of sp³-hybridized carbons (Fsp3) is 0.364. The minimum atomic E-state index is -4.56. The fourth-order valence-corrected chi connectivity index (χ4v) is 1.44. The first-order valence-corrected chi connectivity index (χ1v) is 4.98. The van der Waals surface area contributed by atoms with Gasteiger partial charge in [0, 0.05) is 0 Å². The van der Waals surface area contributed by atoms with E-state index in [1.165, 1.54) is 6.07 Å². The zero-order valence-corrected chi connectivity index (χ0v) is 9.49. The summed E-state index contributed by atoms with van der Waals surface area (Å²) in [6.07, 6.45) is -4.74. The van der Waals surface area contributed by atoms with Crippen LogP contribution in [0.15, 0.2) is 18.2 Å². The zero-order valence-electron chi connectivity index (χ0n) is 9.49. The molecule has 1 atom stereocenters. The maximum atomic E-state index is 12.7. The summed E-state index contributed by atoms with van der Waals surface area (Å²) in [4.78, 5) is 10.5. The summed E-state index contributed by atoms with van der Waals surface area (Å²) in [5.74, 6) is -1.57. The Bertz CT molecular complexity index is 446. The monoisotopic (exact) mass is 263 g/mol. The summed E-state index contributed by atoms with van der Waals surface area (Å²) >= 11 is 0. The maximum absolute atomic E-state index is 12.7. The minimum absolute atomic E-state index is 0.178. The Hall–Kier alpha value is -1.76. The van der Waals surface area contributed by atoms with Crippen molar-refractivity contribution in [3.8, 4) is 5.75 Å². The van der Waals surface area contributed by atoms with Crippen molar-refractivity contribution in [3.05, 3.63) is 29.3 Å². The molecular weight excluding hydrogens is 251 g/mol. The van der Waals surface area contributed by atoms with Gasteiger partial charge in [-0.15, -0.1) is 0 Å². The van der Waals surface area contributed by atoms with Gasteiger partial charge in [-0.2, -0.15) is 13.2 Å². The third-order valence-electron chi connectivity index (χ3n) is 2.34. The molecule has 0 radical (unpaired) electrons. The van der Waals surface area contributed by atoms with Gasteiger partial charge in [-0.1, -0.05) is 6.07 Å². The van der Waals surface area contributed by atoms with Crippen LogP contribution in [0.1, 0.15) is 11.1 Å². The Morgan fingerprint density at radius 1 is 1.50 bits per heavy atom. The van der Waals surface area contributed by atoms with Gasteiger partial charge in [0.1, 0.15) is 11.8 Å². The SMILES string of the molecule is COc1ccc(CC(N)C(=O)O)cc1C(F)(F)F. The predicted molar refractivity (Wildman–Crippen MR) is 57.3 cm³/mol. The second kappa shape index (κ2) is 5.26. The average Bonchev–Trinajstić information content (AvgIpc) is 2.27. The van der Waals surface area contributed by atoms with Crippen LogP contribution in [-0.2, 0) is 17.4 Å². The van der Waals surface area contributed by atoms with E-state index in [0.29, 0.717) is 0 Å². The van der Waals surface area contributed by atoms with Crippen LogP contribution in [0.25, 0.3) is 0 Å². The van der Waals surface area contributed by atoms with E-state index in [1.54, 1.807) is 0 Å². The van der Waals surface area contributed by atoms with Gasteiger partial charge in [0.05, 0.1) is 12.7 Å². The summed E-state index contributed by atoms with van der Waals surface area (Å²) in [5, 5.41) is 8.60. The van der Waals surface area contributed by atoms with E-state index in [0.717, 1.165) is 19.2 Å². The number of benzene rings is 1. The van der Waals surface area contributed by atoms with Gasteiger partial charge in [0.2, 0.25) is 0 Å². The van der Waals surface area contributed by atoms with Gasteiger partial charge >= 0.3 is 12.1 Å². The summed E-state index contributed by atoms with van der Waals surface area (Å²) in [7, 11) is 1.13. The van der Waals surface area contributed by atoms with Crippen LogP contribution in [0.2, 0.25) is 0 Å². The van der Waals surface area contributed by atoms with Crippen LogP contribution in [0.5, 0.6) is 5.75 Å². The van der Waals surface area contributed by atoms with Gasteiger partial charge in [-0.3, -0.25) is 4.79 Å². The second-order valence-corrected chi connectivity index (χ2v) is 3.68. The average molecular weight is 263 g/mol. The molecule has 0 spiro atoms. The molecule has 0 bridgehead atoms. The van der Waals surface area contributed by atoms with Gasteiger partial charge in [0.15, 0.2) is 0 Å². The highest BCUT2D eigenvalue weighted by Crippen LogP contribution is 2.36. The molecule has 1 aromatic rings. The Morgan fingerprint density at radius 3 is 2.56 bits per heavy atom. The number of nitrogens with two attached hydrogens (primary N) is 1. The van der Waals surface area contributed by atoms with E-state index in [2.05, 4.69) is 4.74 Å². The van der Waals surface area contributed by atoms with Crippen LogP contribution in [0, 0.1) is 0 Å². The third-order valence-corrected chi connectivity index (χ3v) is 2.34. The first-order chi connectivity index (χ1) is 8.25. The lowest BCUT2D eigenvalue weighted by molar-refractivity contribution is -0.139. The number of hydrogen-bond acceptors (Lipinski definition) is 3. The lowest BCUT2D eigenvalue weighted by Crippen LogP contribution is -2.32. The Labute approximate surface area is 101 Å². The number of methoxy groups -OCH3 is 1. The van der Waals surface area contributed by atoms with Crippen LogP contribution >= 0.6 is 0 Å². The smallest absolute Gasteiger partial charge is 0.419 e. The summed E-state index contributed by atoms with van der Waals surface area (Å²) in [6, 6.07) is 2.12. The van der Waals surface area contributed by atoms with Crippen molar-refractivity contribution >= 4 is 5.97 Å². The third kappa shape index (κ3) is 3.36. The standard InChI is InChI=1S/C11H12F3NO3/c1-18-9-3-2-6(5-8(15)10(16)17)4-7(9)11(12,13)14/h2-4,8H,5,15H2,1H3,(H,16,17). The van der Waals surface area contributed by atoms with Gasteiger partial charge < -0.3 is 15.6 Å². The van der Waals surface area contributed by atoms with Gasteiger partial charge in [-0.25, -0.2) is 0 Å². The molecule has 3 N–H and O–H groups in total. The highest BCUT2D eigenvalue weighted by atomic mass is 19.4. The number of halogens is 3. The van der Waals surface area contributed by atoms with E-state index in [-0.39, 0.29) is 17.7 Å². The molecule has 0 aliphatic carbocycles. The fourth-order valence-electron chi connectivity index (χ4n) is 1.44. The van der Waals surface area contributed by atoms with Crippen molar-refractivity contribution in [2.45, 2.75) is 18.6 Å². The van der Waals surface area contributed by atoms with Crippen LogP contribution in [-0.4, -0.2) is 24.2 Å². The molecule has 4 nitrogen and oxygen atoms in total. The molecule has 0 saturated carbocycles. The van der Waals surface area contributed by atoms with Crippen LogP contribution in [0.4, 0.5) is 13.2 Å². The van der Waals surface area contributed by atoms with E-state index in [1.807, 2.05) is 0 Å². The quantitative estimate of drug-likeness (QED) is 0.866. The molecule has 1 rings (SSSR count). The molecule has 0 aliphatic rings. The Morgan fingerprint density at radius 2 is 2.11 bits per heavy atom. The van der Waals surface area contributed by atoms with E-state index >= 15 is 0 Å². The molecule has 100 valence electrons. The van der Waals surface area contributed by atoms with Crippen molar-refractivity contribution in [2.75, 3.05) is 7.11 Å². The molecule has 0 fully saturated rings. The molecule has 0 heterocycles. The first kappa shape index (κ1) is 14.3. The van der Waals surface area contributed by atoms with Gasteiger partial charge in [-0.05, 0) is 24.1 Å². The number of carboxylic acids is 1. The molecule has 0 amide bonds. The number of aliphatic carboxylic acids is 1. The van der Waals surface area contributed by atoms with Crippen molar-refractivity contribution in [1.82, 2.24) is 0 Å². The van der Waals surface area contributed by atoms with Crippen molar-refractivity contribution in [1.29, 1.82) is 0 Å². The minimum Gasteiger partial charge on any atom is -0.496 e. The summed E-state index contributed by atoms with van der Waals surface area (Å²) in [5.41, 5.74) is 4.51. The van der Waals surface area contributed by atoms with Crippen molar-refractivity contribution < 1.29 is 27.8 Å². The highest BCUT2D eigenvalue weighted by Gasteiger charge is 2.34. The lowest BCUT2D eigenvalue weighted by atomic mass is 10.0. The lowest BCUT2D eigenvalue weighted by Gasteiger charge is -2.14. The molecule has 1 unspecified atom stereocenters. The number of ether oxygens (including phenoxy) is 1. The first-order valence-electron chi connectivity index (χ1n) is 4.98. The maximum Gasteiger partial charge on any atom is 0.419 e. The van der Waals surface area contributed by atoms with Crippen molar-refractivity contribution in [2.24, 2.45) is 5.73 Å². The molecule has 1 aromatic carbocycles. The van der Waals surface area contributed by atoms with Gasteiger partial charge in [0.25, 0.3) is 0 Å². The van der Waals surface area contributed by atoms with E-state index in [4.69, 9.17) is 10.8 Å². The highest BCUT2D eigenvalue weighted by molar-refractivity contribution is 5.73. The number of carbonyl (C=O) groups is 1. The molecule has 18 heavy (non-hydrogen) atoms. The van der Waals surface area contributed by atoms with Crippen molar-refractivity contribution in [3.63, 3.8) is 0 Å².